The van der Waals surface area contributed by atoms with E-state index in [0.29, 0.717) is 0 Å². The van der Waals surface area contributed by atoms with E-state index in [2.05, 4.69) is 26.0 Å². The highest BCUT2D eigenvalue weighted by Gasteiger charge is 2.14. The molecule has 0 bridgehead atoms. The summed E-state index contributed by atoms with van der Waals surface area (Å²) < 4.78 is 0. The van der Waals surface area contributed by atoms with Gasteiger partial charge in [0.25, 0.3) is 11.5 Å². The second-order valence-electron chi connectivity index (χ2n) is 3.97. The highest BCUT2D eigenvalue weighted by atomic mass is 32.1. The Morgan fingerprint density at radius 2 is 2.33 bits per heavy atom. The number of thiophene rings is 1. The van der Waals surface area contributed by atoms with E-state index in [0.717, 1.165) is 4.88 Å². The van der Waals surface area contributed by atoms with Gasteiger partial charge >= 0.3 is 5.69 Å². The molecule has 4 N–H and O–H groups in total. The number of nitrogens with zero attached hydrogens (tertiary/aromatic N) is 2. The Morgan fingerprint density at radius 3 is 3.00 bits per heavy atom. The van der Waals surface area contributed by atoms with E-state index in [1.807, 2.05) is 22.5 Å². The molecule has 110 valence electrons. The summed E-state index contributed by atoms with van der Waals surface area (Å²) in [5.74, 6) is -0.602. The number of hydrogen-bond acceptors (Lipinski definition) is 7. The second-order valence-corrected chi connectivity index (χ2v) is 4.95. The lowest BCUT2D eigenvalue weighted by atomic mass is 10.3. The Bertz CT molecular complexity index is 748. The summed E-state index contributed by atoms with van der Waals surface area (Å²) in [6.07, 6.45) is 1.51. The molecule has 2 aromatic heterocycles. The highest BCUT2D eigenvalue weighted by molar-refractivity contribution is 7.11. The number of amides is 1. The maximum atomic E-state index is 11.8. The Labute approximate surface area is 122 Å². The zero-order chi connectivity index (χ0) is 15.2. The molecule has 10 heteroatoms. The first-order chi connectivity index (χ1) is 10.1. The number of nitrogens with one attached hydrogen (secondary N) is 4. The van der Waals surface area contributed by atoms with Crippen molar-refractivity contribution < 1.29 is 4.79 Å². The zero-order valence-electron chi connectivity index (χ0n) is 10.9. The van der Waals surface area contributed by atoms with Crippen LogP contribution < -0.4 is 22.0 Å². The van der Waals surface area contributed by atoms with Crippen LogP contribution in [0.4, 0.5) is 5.82 Å². The monoisotopic (exact) mass is 308 g/mol. The Hall–Kier alpha value is -2.75. The molecule has 0 saturated carbocycles. The molecule has 2 rings (SSSR count). The van der Waals surface area contributed by atoms with Gasteiger partial charge in [-0.15, -0.1) is 16.4 Å². The van der Waals surface area contributed by atoms with Gasteiger partial charge in [-0.1, -0.05) is 6.07 Å². The fourth-order valence-corrected chi connectivity index (χ4v) is 1.92. The van der Waals surface area contributed by atoms with E-state index in [4.69, 9.17) is 0 Å². The smallest absolute Gasteiger partial charge is 0.342 e. The maximum absolute atomic E-state index is 11.8. The molecule has 0 aliphatic carbocycles. The van der Waals surface area contributed by atoms with Gasteiger partial charge in [0.1, 0.15) is 6.04 Å². The zero-order valence-corrected chi connectivity index (χ0v) is 11.7. The first kappa shape index (κ1) is 14.7. The van der Waals surface area contributed by atoms with Crippen LogP contribution in [0.25, 0.3) is 0 Å². The highest BCUT2D eigenvalue weighted by Crippen LogP contribution is 2.04. The Morgan fingerprint density at radius 1 is 1.52 bits per heavy atom. The van der Waals surface area contributed by atoms with E-state index in [1.54, 1.807) is 0 Å². The minimum absolute atomic E-state index is 0.153. The molecule has 0 aliphatic rings. The van der Waals surface area contributed by atoms with E-state index < -0.39 is 23.2 Å². The van der Waals surface area contributed by atoms with Crippen LogP contribution >= 0.6 is 11.3 Å². The van der Waals surface area contributed by atoms with Crippen molar-refractivity contribution in [2.45, 2.75) is 13.0 Å². The van der Waals surface area contributed by atoms with Crippen LogP contribution in [-0.2, 0) is 4.79 Å². The van der Waals surface area contributed by atoms with E-state index >= 15 is 0 Å². The van der Waals surface area contributed by atoms with Crippen molar-refractivity contribution in [2.75, 3.05) is 5.32 Å². The average molecular weight is 308 g/mol. The van der Waals surface area contributed by atoms with Gasteiger partial charge in [0.05, 0.1) is 6.21 Å². The molecule has 2 aromatic rings. The molecule has 1 atom stereocenters. The van der Waals surface area contributed by atoms with Gasteiger partial charge in [0.2, 0.25) is 5.82 Å². The van der Waals surface area contributed by atoms with Crippen molar-refractivity contribution in [2.24, 2.45) is 5.10 Å². The van der Waals surface area contributed by atoms with E-state index in [1.165, 1.54) is 24.5 Å². The molecule has 0 spiro atoms. The quantitative estimate of drug-likeness (QED) is 0.435. The Balaban J connectivity index is 1.93. The van der Waals surface area contributed by atoms with Crippen LogP contribution in [0.3, 0.4) is 0 Å². The lowest BCUT2D eigenvalue weighted by Gasteiger charge is -2.10. The topological polar surface area (TPSA) is 132 Å². The number of carbonyl (C=O) groups is 1. The van der Waals surface area contributed by atoms with Crippen molar-refractivity contribution in [1.82, 2.24) is 20.6 Å². The van der Waals surface area contributed by atoms with Gasteiger partial charge in [-0.05, 0) is 18.4 Å². The molecule has 9 nitrogen and oxygen atoms in total. The van der Waals surface area contributed by atoms with Gasteiger partial charge < -0.3 is 5.32 Å². The first-order valence-corrected chi connectivity index (χ1v) is 6.76. The maximum Gasteiger partial charge on any atom is 0.342 e. The predicted molar refractivity (Wildman–Crippen MR) is 78.6 cm³/mol. The predicted octanol–water partition coefficient (Wildman–Crippen LogP) is -0.530. The van der Waals surface area contributed by atoms with E-state index in [9.17, 15) is 14.4 Å². The van der Waals surface area contributed by atoms with Gasteiger partial charge in [-0.2, -0.15) is 5.10 Å². The van der Waals surface area contributed by atoms with Gasteiger partial charge in [0.15, 0.2) is 0 Å². The summed E-state index contributed by atoms with van der Waals surface area (Å²) in [4.78, 5) is 36.9. The molecule has 0 fully saturated rings. The fourth-order valence-electron chi connectivity index (χ4n) is 1.34. The third kappa shape index (κ3) is 4.11. The van der Waals surface area contributed by atoms with Crippen molar-refractivity contribution in [3.8, 4) is 0 Å². The molecule has 0 unspecified atom stereocenters. The molecule has 21 heavy (non-hydrogen) atoms. The van der Waals surface area contributed by atoms with Gasteiger partial charge in [0, 0.05) is 4.88 Å². The number of anilines is 1. The van der Waals surface area contributed by atoms with E-state index in [-0.39, 0.29) is 5.82 Å². The largest absolute Gasteiger partial charge is 0.353 e. The molecule has 0 radical (unpaired) electrons. The Kier molecular flexibility index (Phi) is 4.61. The third-order valence-corrected chi connectivity index (χ3v) is 3.17. The number of hydrazone groups is 1. The summed E-state index contributed by atoms with van der Waals surface area (Å²) in [6, 6.07) is 2.96. The normalized spacial score (nSPS) is 12.2. The van der Waals surface area contributed by atoms with Crippen LogP contribution in [0.5, 0.6) is 0 Å². The average Bonchev–Trinajstić information content (AvgIpc) is 2.95. The second kappa shape index (κ2) is 6.61. The lowest BCUT2D eigenvalue weighted by Crippen LogP contribution is -2.38. The van der Waals surface area contributed by atoms with Gasteiger partial charge in [-0.25, -0.2) is 15.3 Å². The fraction of sp³-hybridized carbons (Fsp3) is 0.182. The summed E-state index contributed by atoms with van der Waals surface area (Å²) in [5.41, 5.74) is 0.907. The number of aromatic nitrogens is 3. The number of rotatable bonds is 5. The minimum Gasteiger partial charge on any atom is -0.353 e. The lowest BCUT2D eigenvalue weighted by molar-refractivity contribution is -0.121. The summed E-state index contributed by atoms with van der Waals surface area (Å²) in [6.45, 7) is 1.53. The minimum atomic E-state index is -0.759. The molecular formula is C11H12N6O3S. The van der Waals surface area contributed by atoms with Crippen molar-refractivity contribution >= 4 is 29.3 Å². The molecule has 1 amide bonds. The van der Waals surface area contributed by atoms with Crippen molar-refractivity contribution in [3.63, 3.8) is 0 Å². The molecule has 0 aliphatic heterocycles. The first-order valence-electron chi connectivity index (χ1n) is 5.88. The molecular weight excluding hydrogens is 296 g/mol. The van der Waals surface area contributed by atoms with Crippen LogP contribution in [0.1, 0.15) is 11.8 Å². The summed E-state index contributed by atoms with van der Waals surface area (Å²) in [5, 5.41) is 13.8. The standard InChI is InChI=1S/C11H12N6O3S/c1-6(13-8-10(19)14-11(20)17-15-8)9(18)16-12-5-7-3-2-4-21-7/h2-6H,1H3,(H,13,15)(H,16,18)(H2,14,17,19,20)/b12-5-/t6-/m1/s1. The number of aromatic amines is 2. The van der Waals surface area contributed by atoms with Crippen molar-refractivity contribution in [3.05, 3.63) is 43.2 Å². The summed E-state index contributed by atoms with van der Waals surface area (Å²) in [7, 11) is 0. The van der Waals surface area contributed by atoms with Crippen molar-refractivity contribution in [1.29, 1.82) is 0 Å². The van der Waals surface area contributed by atoms with Crippen LogP contribution in [0.15, 0.2) is 32.2 Å². The molecule has 0 saturated heterocycles. The number of hydrogen-bond donors (Lipinski definition) is 4. The molecule has 0 aromatic carbocycles. The third-order valence-electron chi connectivity index (χ3n) is 2.37. The van der Waals surface area contributed by atoms with Crippen LogP contribution in [-0.4, -0.2) is 33.3 Å². The van der Waals surface area contributed by atoms with Crippen LogP contribution in [0.2, 0.25) is 0 Å². The number of H-pyrrole nitrogens is 2. The van der Waals surface area contributed by atoms with Crippen LogP contribution in [0, 0.1) is 0 Å². The number of carbonyl (C=O) groups excluding carboxylic acids is 1. The SMILES string of the molecule is C[C@@H](Nc1n[nH]c(=O)[nH]c1=O)C(=O)N/N=C\c1cccs1. The molecule has 2 heterocycles. The van der Waals surface area contributed by atoms with Gasteiger partial charge in [-0.3, -0.25) is 14.6 Å². The summed E-state index contributed by atoms with van der Waals surface area (Å²) >= 11 is 1.48.